The maximum absolute atomic E-state index is 12.9. The number of hydrogen-bond donors (Lipinski definition) is 1. The van der Waals surface area contributed by atoms with Gasteiger partial charge < -0.3 is 5.32 Å². The van der Waals surface area contributed by atoms with Crippen LogP contribution in [-0.2, 0) is 10.5 Å². The van der Waals surface area contributed by atoms with Crippen molar-refractivity contribution < 1.29 is 4.79 Å². The molecule has 1 N–H and O–H groups in total. The van der Waals surface area contributed by atoms with Crippen LogP contribution in [0.1, 0.15) is 47.6 Å². The Bertz CT molecular complexity index is 1150. The highest BCUT2D eigenvalue weighted by Gasteiger charge is 2.36. The van der Waals surface area contributed by atoms with Gasteiger partial charge in [-0.2, -0.15) is 4.98 Å². The monoisotopic (exact) mass is 416 g/mol. The molecule has 0 spiro atoms. The van der Waals surface area contributed by atoms with E-state index in [0.29, 0.717) is 6.42 Å². The normalized spacial score (nSPS) is 18.1. The summed E-state index contributed by atoms with van der Waals surface area (Å²) in [5.74, 6) is 1.75. The summed E-state index contributed by atoms with van der Waals surface area (Å²) in [4.78, 5) is 17.6. The number of allylic oxidation sites excluding steroid dienone is 2. The zero-order chi connectivity index (χ0) is 20.7. The second-order valence-electron chi connectivity index (χ2n) is 7.98. The molecule has 2 aromatic carbocycles. The van der Waals surface area contributed by atoms with E-state index in [1.807, 2.05) is 4.68 Å². The van der Waals surface area contributed by atoms with E-state index < -0.39 is 0 Å². The molecule has 0 radical (unpaired) electrons. The molecule has 6 heteroatoms. The summed E-state index contributed by atoms with van der Waals surface area (Å²) in [6.45, 7) is 4.20. The molecule has 1 atom stereocenters. The Balaban J connectivity index is 1.51. The second-order valence-corrected chi connectivity index (χ2v) is 8.93. The van der Waals surface area contributed by atoms with E-state index in [0.717, 1.165) is 46.5 Å². The first-order valence-electron chi connectivity index (χ1n) is 10.3. The standard InChI is InChI=1S/C24H24N4OS/c1-15-10-12-17(13-11-15)22-21-19(8-5-9-20(21)29)25-23-26-24(27-28(22)23)30-14-18-7-4-3-6-16(18)2/h3-4,6-7,10-13,22H,5,8-9,14H2,1-2H3,(H,25,26,27). The van der Waals surface area contributed by atoms with Gasteiger partial charge in [0.1, 0.15) is 6.04 Å². The lowest BCUT2D eigenvalue weighted by molar-refractivity contribution is -0.116. The molecule has 30 heavy (non-hydrogen) atoms. The average Bonchev–Trinajstić information content (AvgIpc) is 3.15. The number of aryl methyl sites for hydroxylation is 2. The van der Waals surface area contributed by atoms with Gasteiger partial charge in [0.25, 0.3) is 0 Å². The first kappa shape index (κ1) is 19.1. The van der Waals surface area contributed by atoms with E-state index in [1.165, 1.54) is 16.7 Å². The van der Waals surface area contributed by atoms with Crippen LogP contribution in [0.25, 0.3) is 0 Å². The average molecular weight is 417 g/mol. The van der Waals surface area contributed by atoms with Crippen LogP contribution in [0.4, 0.5) is 5.95 Å². The third-order valence-corrected chi connectivity index (χ3v) is 6.75. The minimum absolute atomic E-state index is 0.213. The third kappa shape index (κ3) is 3.45. The number of Topliss-reactive ketones (excluding diaryl/α,β-unsaturated/α-hetero) is 1. The third-order valence-electron chi connectivity index (χ3n) is 5.86. The number of ketones is 1. The zero-order valence-corrected chi connectivity index (χ0v) is 18.0. The molecule has 152 valence electrons. The molecular formula is C24H24N4OS. The lowest BCUT2D eigenvalue weighted by atomic mass is 9.85. The molecule has 0 saturated carbocycles. The van der Waals surface area contributed by atoms with Crippen molar-refractivity contribution in [2.45, 2.75) is 50.1 Å². The molecule has 2 heterocycles. The summed E-state index contributed by atoms with van der Waals surface area (Å²) in [7, 11) is 0. The van der Waals surface area contributed by atoms with Crippen LogP contribution >= 0.6 is 11.8 Å². The topological polar surface area (TPSA) is 59.8 Å². The van der Waals surface area contributed by atoms with Gasteiger partial charge in [0, 0.05) is 23.4 Å². The van der Waals surface area contributed by atoms with Crippen molar-refractivity contribution in [1.29, 1.82) is 0 Å². The van der Waals surface area contributed by atoms with Crippen molar-refractivity contribution in [2.75, 3.05) is 5.32 Å². The predicted octanol–water partition coefficient (Wildman–Crippen LogP) is 5.21. The number of carbonyl (C=O) groups is 1. The summed E-state index contributed by atoms with van der Waals surface area (Å²) in [5.41, 5.74) is 6.68. The molecule has 1 unspecified atom stereocenters. The SMILES string of the molecule is Cc1ccc(C2C3=C(CCCC3=O)Nc3nc(SCc4ccccc4C)nn32)cc1. The van der Waals surface area contributed by atoms with Gasteiger partial charge in [-0.25, -0.2) is 4.68 Å². The molecule has 5 nitrogen and oxygen atoms in total. The molecule has 3 aromatic rings. The fourth-order valence-electron chi connectivity index (χ4n) is 4.17. The molecule has 0 amide bonds. The Hall–Kier alpha value is -2.86. The maximum atomic E-state index is 12.9. The van der Waals surface area contributed by atoms with Gasteiger partial charge in [-0.1, -0.05) is 65.9 Å². The van der Waals surface area contributed by atoms with E-state index in [-0.39, 0.29) is 11.8 Å². The molecule has 1 aliphatic heterocycles. The van der Waals surface area contributed by atoms with Crippen molar-refractivity contribution in [1.82, 2.24) is 14.8 Å². The van der Waals surface area contributed by atoms with E-state index in [1.54, 1.807) is 11.8 Å². The van der Waals surface area contributed by atoms with Crippen LogP contribution in [0.2, 0.25) is 0 Å². The van der Waals surface area contributed by atoms with Gasteiger partial charge in [0.2, 0.25) is 11.1 Å². The largest absolute Gasteiger partial charge is 0.328 e. The molecule has 0 bridgehead atoms. The van der Waals surface area contributed by atoms with Crippen LogP contribution in [0.3, 0.4) is 0 Å². The molecule has 0 saturated heterocycles. The first-order valence-corrected chi connectivity index (χ1v) is 11.3. The van der Waals surface area contributed by atoms with Gasteiger partial charge in [-0.15, -0.1) is 5.10 Å². The Kier molecular flexibility index (Phi) is 4.95. The minimum Gasteiger partial charge on any atom is -0.328 e. The van der Waals surface area contributed by atoms with Crippen molar-refractivity contribution in [2.24, 2.45) is 0 Å². The number of rotatable bonds is 4. The van der Waals surface area contributed by atoms with Gasteiger partial charge >= 0.3 is 0 Å². The van der Waals surface area contributed by atoms with Crippen molar-refractivity contribution in [3.05, 3.63) is 82.1 Å². The number of fused-ring (bicyclic) bond motifs is 1. The van der Waals surface area contributed by atoms with Crippen LogP contribution in [0.5, 0.6) is 0 Å². The number of thioether (sulfide) groups is 1. The molecule has 1 aromatic heterocycles. The number of anilines is 1. The number of nitrogens with zero attached hydrogens (tertiary/aromatic N) is 3. The first-order chi connectivity index (χ1) is 14.6. The second kappa shape index (κ2) is 7.76. The lowest BCUT2D eigenvalue weighted by Gasteiger charge is -2.32. The fraction of sp³-hybridized carbons (Fsp3) is 0.292. The van der Waals surface area contributed by atoms with Crippen molar-refractivity contribution in [3.63, 3.8) is 0 Å². The van der Waals surface area contributed by atoms with Crippen LogP contribution < -0.4 is 5.32 Å². The summed E-state index contributed by atoms with van der Waals surface area (Å²) >= 11 is 1.63. The maximum Gasteiger partial charge on any atom is 0.227 e. The molecule has 1 aliphatic carbocycles. The van der Waals surface area contributed by atoms with Crippen molar-refractivity contribution >= 4 is 23.5 Å². The number of nitrogens with one attached hydrogen (secondary N) is 1. The highest BCUT2D eigenvalue weighted by atomic mass is 32.2. The van der Waals surface area contributed by atoms with Gasteiger partial charge in [-0.05, 0) is 43.4 Å². The summed E-state index contributed by atoms with van der Waals surface area (Å²) in [6, 6.07) is 16.6. The van der Waals surface area contributed by atoms with E-state index in [4.69, 9.17) is 10.1 Å². The molecular weight excluding hydrogens is 392 g/mol. The molecule has 2 aliphatic rings. The van der Waals surface area contributed by atoms with Crippen LogP contribution in [0.15, 0.2) is 65.0 Å². The van der Waals surface area contributed by atoms with E-state index in [2.05, 4.69) is 67.7 Å². The van der Waals surface area contributed by atoms with Gasteiger partial charge in [-0.3, -0.25) is 4.79 Å². The van der Waals surface area contributed by atoms with Crippen molar-refractivity contribution in [3.8, 4) is 0 Å². The summed E-state index contributed by atoms with van der Waals surface area (Å²) < 4.78 is 1.90. The lowest BCUT2D eigenvalue weighted by Crippen LogP contribution is -2.31. The Morgan fingerprint density at radius 2 is 1.90 bits per heavy atom. The number of benzene rings is 2. The summed E-state index contributed by atoms with van der Waals surface area (Å²) in [5, 5.41) is 8.95. The number of hydrogen-bond acceptors (Lipinski definition) is 5. The number of aromatic nitrogens is 3. The number of carbonyl (C=O) groups excluding carboxylic acids is 1. The Morgan fingerprint density at radius 3 is 2.70 bits per heavy atom. The predicted molar refractivity (Wildman–Crippen MR) is 120 cm³/mol. The van der Waals surface area contributed by atoms with Crippen LogP contribution in [0, 0.1) is 13.8 Å². The highest BCUT2D eigenvalue weighted by molar-refractivity contribution is 7.98. The molecule has 0 fully saturated rings. The van der Waals surface area contributed by atoms with E-state index >= 15 is 0 Å². The van der Waals surface area contributed by atoms with Gasteiger partial charge in [0.15, 0.2) is 5.78 Å². The highest BCUT2D eigenvalue weighted by Crippen LogP contribution is 2.40. The zero-order valence-electron chi connectivity index (χ0n) is 17.2. The molecule has 5 rings (SSSR count). The summed E-state index contributed by atoms with van der Waals surface area (Å²) in [6.07, 6.45) is 2.36. The van der Waals surface area contributed by atoms with Crippen LogP contribution in [-0.4, -0.2) is 20.5 Å². The quantitative estimate of drug-likeness (QED) is 0.592. The Morgan fingerprint density at radius 1 is 1.10 bits per heavy atom. The fourth-order valence-corrected chi connectivity index (χ4v) is 5.07. The van der Waals surface area contributed by atoms with Gasteiger partial charge in [0.05, 0.1) is 0 Å². The Labute approximate surface area is 180 Å². The smallest absolute Gasteiger partial charge is 0.227 e. The minimum atomic E-state index is -0.218. The van der Waals surface area contributed by atoms with E-state index in [9.17, 15) is 4.79 Å².